The van der Waals surface area contributed by atoms with Gasteiger partial charge in [-0.1, -0.05) is 41.4 Å². The Hall–Kier alpha value is -3.52. The maximum Gasteiger partial charge on any atom is 0.336 e. The smallest absolute Gasteiger partial charge is 0.336 e. The highest BCUT2D eigenvalue weighted by Gasteiger charge is 2.30. The molecule has 1 aliphatic rings. The van der Waals surface area contributed by atoms with Crippen LogP contribution in [0.15, 0.2) is 94.9 Å². The quantitative estimate of drug-likeness (QED) is 0.229. The van der Waals surface area contributed by atoms with Crippen LogP contribution in [0.25, 0.3) is 0 Å². The van der Waals surface area contributed by atoms with Crippen LogP contribution in [-0.2, 0) is 17.3 Å². The molecule has 1 unspecified atom stereocenters. The first-order valence-electron chi connectivity index (χ1n) is 11.9. The van der Waals surface area contributed by atoms with Crippen LogP contribution in [0.5, 0.6) is 0 Å². The zero-order chi connectivity index (χ0) is 26.8. The first-order chi connectivity index (χ1) is 18.3. The molecule has 1 fully saturated rings. The van der Waals surface area contributed by atoms with Crippen molar-refractivity contribution in [3.05, 3.63) is 117 Å². The Bertz CT molecular complexity index is 1540. The highest BCUT2D eigenvalue weighted by Crippen LogP contribution is 2.33. The molecule has 1 saturated carbocycles. The van der Waals surface area contributed by atoms with E-state index in [1.54, 1.807) is 30.5 Å². The fourth-order valence-corrected chi connectivity index (χ4v) is 5.76. The van der Waals surface area contributed by atoms with Gasteiger partial charge in [0.15, 0.2) is 0 Å². The Labute approximate surface area is 232 Å². The number of aromatic nitrogens is 1. The molecular weight excluding hydrogens is 543 g/mol. The highest BCUT2D eigenvalue weighted by atomic mass is 35.5. The van der Waals surface area contributed by atoms with Crippen molar-refractivity contribution in [2.75, 3.05) is 4.90 Å². The molecule has 0 saturated heterocycles. The minimum absolute atomic E-state index is 0.0851. The van der Waals surface area contributed by atoms with E-state index in [0.717, 1.165) is 24.1 Å². The summed E-state index contributed by atoms with van der Waals surface area (Å²) in [6.07, 6.45) is 3.85. The third kappa shape index (κ3) is 5.80. The first kappa shape index (κ1) is 26.1. The van der Waals surface area contributed by atoms with Crippen LogP contribution >= 0.6 is 23.2 Å². The molecule has 6 nitrogen and oxygen atoms in total. The summed E-state index contributed by atoms with van der Waals surface area (Å²) in [5.74, 6) is -1.70. The number of hydrogen-bond donors (Lipinski definition) is 1. The molecule has 1 heterocycles. The Balaban J connectivity index is 1.38. The average molecular weight is 565 g/mol. The van der Waals surface area contributed by atoms with Crippen LogP contribution in [0.4, 0.5) is 5.69 Å². The van der Waals surface area contributed by atoms with Crippen LogP contribution in [-0.4, -0.2) is 32.1 Å². The molecule has 1 N–H and O–H groups in total. The van der Waals surface area contributed by atoms with Crippen molar-refractivity contribution < 1.29 is 18.9 Å². The zero-order valence-corrected chi connectivity index (χ0v) is 22.3. The normalized spacial score (nSPS) is 13.6. The molecule has 0 aliphatic heterocycles. The van der Waals surface area contributed by atoms with Gasteiger partial charge in [-0.05, 0) is 79.1 Å². The lowest BCUT2D eigenvalue weighted by Gasteiger charge is -2.24. The summed E-state index contributed by atoms with van der Waals surface area (Å²) in [6, 6.07) is 22.2. The van der Waals surface area contributed by atoms with E-state index in [1.165, 1.54) is 24.3 Å². The molecule has 0 bridgehead atoms. The van der Waals surface area contributed by atoms with Gasteiger partial charge < -0.3 is 10.0 Å². The number of carboxylic acid groups (broad SMARTS) is 1. The number of rotatable bonds is 9. The number of carboxylic acids is 1. The lowest BCUT2D eigenvalue weighted by atomic mass is 10.0. The predicted molar refractivity (Wildman–Crippen MR) is 148 cm³/mol. The number of pyridine rings is 1. The lowest BCUT2D eigenvalue weighted by molar-refractivity contribution is 0.0693. The number of benzene rings is 3. The van der Waals surface area contributed by atoms with E-state index in [1.807, 2.05) is 30.3 Å². The van der Waals surface area contributed by atoms with Gasteiger partial charge in [-0.15, -0.1) is 0 Å². The van der Waals surface area contributed by atoms with Gasteiger partial charge in [-0.25, -0.2) is 9.00 Å². The summed E-state index contributed by atoms with van der Waals surface area (Å²) in [4.78, 5) is 32.3. The molecule has 0 amide bonds. The molecule has 4 aromatic rings. The summed E-state index contributed by atoms with van der Waals surface area (Å²) >= 11 is 12.0. The van der Waals surface area contributed by atoms with E-state index in [9.17, 15) is 18.9 Å². The number of carbonyl (C=O) groups excluding carboxylic acids is 1. The Morgan fingerprint density at radius 1 is 0.947 bits per heavy atom. The van der Waals surface area contributed by atoms with Crippen molar-refractivity contribution >= 4 is 51.4 Å². The molecule has 0 radical (unpaired) electrons. The molecule has 1 aromatic heterocycles. The van der Waals surface area contributed by atoms with Gasteiger partial charge in [0.1, 0.15) is 5.69 Å². The van der Waals surface area contributed by atoms with E-state index in [4.69, 9.17) is 23.2 Å². The summed E-state index contributed by atoms with van der Waals surface area (Å²) in [7, 11) is -1.79. The van der Waals surface area contributed by atoms with Crippen molar-refractivity contribution in [1.82, 2.24) is 4.98 Å². The maximum absolute atomic E-state index is 13.2. The second-order valence-corrected chi connectivity index (χ2v) is 11.3. The summed E-state index contributed by atoms with van der Waals surface area (Å²) < 4.78 is 13.1. The van der Waals surface area contributed by atoms with Gasteiger partial charge in [-0.2, -0.15) is 0 Å². The third-order valence-corrected chi connectivity index (χ3v) is 8.17. The standard InChI is InChI=1S/C29H22Cl2N2O4S/c30-20-7-4-18(5-8-20)17-33(22-9-10-22)23-11-12-26(32-16-23)28(34)19-6-13-27(25(14-19)29(35)36)38(37)24-3-1-2-21(31)15-24/h1-8,11-16,22H,9-10,17H2,(H,35,36). The fraction of sp³-hybridized carbons (Fsp3) is 0.138. The highest BCUT2D eigenvalue weighted by molar-refractivity contribution is 7.85. The number of hydrogen-bond acceptors (Lipinski definition) is 5. The molecule has 38 heavy (non-hydrogen) atoms. The van der Waals surface area contributed by atoms with Gasteiger partial charge in [0.2, 0.25) is 5.78 Å². The number of aromatic carboxylic acids is 1. The Morgan fingerprint density at radius 3 is 2.34 bits per heavy atom. The third-order valence-electron chi connectivity index (χ3n) is 6.25. The van der Waals surface area contributed by atoms with Gasteiger partial charge in [0, 0.05) is 33.1 Å². The molecule has 1 aliphatic carbocycles. The monoisotopic (exact) mass is 564 g/mol. The predicted octanol–water partition coefficient (Wildman–Crippen LogP) is 6.65. The Kier molecular flexibility index (Phi) is 7.61. The lowest BCUT2D eigenvalue weighted by Crippen LogP contribution is -2.25. The van der Waals surface area contributed by atoms with Crippen molar-refractivity contribution in [3.8, 4) is 0 Å². The number of carbonyl (C=O) groups is 2. The van der Waals surface area contributed by atoms with E-state index >= 15 is 0 Å². The van der Waals surface area contributed by atoms with Gasteiger partial charge >= 0.3 is 5.97 Å². The largest absolute Gasteiger partial charge is 0.478 e. The van der Waals surface area contributed by atoms with Crippen LogP contribution in [0.3, 0.4) is 0 Å². The van der Waals surface area contributed by atoms with Crippen molar-refractivity contribution in [2.45, 2.75) is 35.2 Å². The first-order valence-corrected chi connectivity index (χ1v) is 13.8. The summed E-state index contributed by atoms with van der Waals surface area (Å²) in [5, 5.41) is 10.9. The van der Waals surface area contributed by atoms with Crippen LogP contribution in [0.1, 0.15) is 44.8 Å². The van der Waals surface area contributed by atoms with Crippen LogP contribution in [0.2, 0.25) is 10.0 Å². The topological polar surface area (TPSA) is 87.6 Å². The summed E-state index contributed by atoms with van der Waals surface area (Å²) in [5.41, 5.74) is 2.15. The maximum atomic E-state index is 13.2. The van der Waals surface area contributed by atoms with E-state index in [0.29, 0.717) is 27.5 Å². The average Bonchev–Trinajstić information content (AvgIpc) is 3.77. The van der Waals surface area contributed by atoms with Crippen molar-refractivity contribution in [2.24, 2.45) is 0 Å². The van der Waals surface area contributed by atoms with Gasteiger partial charge in [0.05, 0.1) is 33.1 Å². The van der Waals surface area contributed by atoms with Crippen molar-refractivity contribution in [1.29, 1.82) is 0 Å². The molecule has 192 valence electrons. The summed E-state index contributed by atoms with van der Waals surface area (Å²) in [6.45, 7) is 0.698. The second-order valence-electron chi connectivity index (χ2n) is 8.96. The zero-order valence-electron chi connectivity index (χ0n) is 20.0. The second kappa shape index (κ2) is 11.1. The van der Waals surface area contributed by atoms with E-state index < -0.39 is 22.6 Å². The van der Waals surface area contributed by atoms with Gasteiger partial charge in [-0.3, -0.25) is 9.78 Å². The molecule has 0 spiro atoms. The Morgan fingerprint density at radius 2 is 1.71 bits per heavy atom. The molecule has 5 rings (SSSR count). The number of anilines is 1. The minimum atomic E-state index is -1.79. The van der Waals surface area contributed by atoms with Crippen molar-refractivity contribution in [3.63, 3.8) is 0 Å². The van der Waals surface area contributed by atoms with E-state index in [-0.39, 0.29) is 21.7 Å². The number of halogens is 2. The molecule has 1 atom stereocenters. The fourth-order valence-electron chi connectivity index (χ4n) is 4.15. The number of nitrogens with zero attached hydrogens (tertiary/aromatic N) is 2. The number of ketones is 1. The van der Waals surface area contributed by atoms with Gasteiger partial charge in [0.25, 0.3) is 0 Å². The van der Waals surface area contributed by atoms with Crippen LogP contribution < -0.4 is 4.90 Å². The minimum Gasteiger partial charge on any atom is -0.478 e. The molecule has 9 heteroatoms. The molecule has 3 aromatic carbocycles. The van der Waals surface area contributed by atoms with Crippen LogP contribution in [0, 0.1) is 0 Å². The van der Waals surface area contributed by atoms with E-state index in [2.05, 4.69) is 9.88 Å². The molecular formula is C29H22Cl2N2O4S. The SMILES string of the molecule is O=C(c1ccc(S(=O)c2cccc(Cl)c2)c(C(=O)O)c1)c1ccc(N(Cc2ccc(Cl)cc2)C2CC2)cn1.